The standard InChI is InChI=1S/C52H33N3O/c1-2-11-34(12-3-1)35-21-23-36(24-22-35)38-13-10-14-39(33-38)47-31-32-53-52(54-47)37-25-27-40(28-26-37)55-48-19-8-6-17-43(48)45-29-30-46-42-16-5-4-15-41(42)44-18-7-9-20-49(44)56-51(46)50(45)55/h1-33H. The zero-order valence-corrected chi connectivity index (χ0v) is 30.3. The van der Waals surface area contributed by atoms with Crippen molar-refractivity contribution in [3.05, 3.63) is 200 Å². The highest BCUT2D eigenvalue weighted by Crippen LogP contribution is 2.51. The number of nitrogens with zero attached hydrogens (tertiary/aromatic N) is 3. The van der Waals surface area contributed by atoms with Crippen LogP contribution < -0.4 is 4.74 Å². The number of benzene rings is 8. The zero-order chi connectivity index (χ0) is 37.0. The minimum atomic E-state index is 0.680. The highest BCUT2D eigenvalue weighted by molar-refractivity contribution is 6.14. The molecule has 11 rings (SSSR count). The van der Waals surface area contributed by atoms with Gasteiger partial charge in [0.2, 0.25) is 0 Å². The van der Waals surface area contributed by atoms with Gasteiger partial charge in [-0.05, 0) is 88.0 Å². The van der Waals surface area contributed by atoms with E-state index in [-0.39, 0.29) is 0 Å². The van der Waals surface area contributed by atoms with Crippen LogP contribution in [0.5, 0.6) is 11.5 Å². The predicted octanol–water partition coefficient (Wildman–Crippen LogP) is 13.7. The van der Waals surface area contributed by atoms with Crippen LogP contribution in [0.15, 0.2) is 200 Å². The highest BCUT2D eigenvalue weighted by atomic mass is 16.5. The maximum atomic E-state index is 6.96. The van der Waals surface area contributed by atoms with E-state index in [2.05, 4.69) is 180 Å². The second-order valence-electron chi connectivity index (χ2n) is 14.2. The molecule has 2 aromatic heterocycles. The molecule has 0 aliphatic carbocycles. The lowest BCUT2D eigenvalue weighted by atomic mass is 9.94. The van der Waals surface area contributed by atoms with Gasteiger partial charge >= 0.3 is 0 Å². The van der Waals surface area contributed by atoms with Gasteiger partial charge in [-0.2, -0.15) is 0 Å². The van der Waals surface area contributed by atoms with Crippen LogP contribution in [0.1, 0.15) is 0 Å². The summed E-state index contributed by atoms with van der Waals surface area (Å²) in [4.78, 5) is 9.79. The summed E-state index contributed by atoms with van der Waals surface area (Å²) in [7, 11) is 0. The molecule has 0 saturated heterocycles. The van der Waals surface area contributed by atoms with Crippen molar-refractivity contribution >= 4 is 21.8 Å². The Hall–Kier alpha value is -7.56. The van der Waals surface area contributed by atoms with Gasteiger partial charge < -0.3 is 9.30 Å². The highest BCUT2D eigenvalue weighted by Gasteiger charge is 2.26. The molecule has 0 fully saturated rings. The number of fused-ring (bicyclic) bond motifs is 9. The van der Waals surface area contributed by atoms with Crippen LogP contribution in [0.3, 0.4) is 0 Å². The van der Waals surface area contributed by atoms with Gasteiger partial charge in [0.15, 0.2) is 11.6 Å². The van der Waals surface area contributed by atoms with Crippen molar-refractivity contribution in [1.29, 1.82) is 0 Å². The Morgan fingerprint density at radius 1 is 0.411 bits per heavy atom. The molecule has 0 amide bonds. The monoisotopic (exact) mass is 715 g/mol. The van der Waals surface area contributed by atoms with E-state index < -0.39 is 0 Å². The van der Waals surface area contributed by atoms with Gasteiger partial charge in [-0.3, -0.25) is 0 Å². The third kappa shape index (κ3) is 5.31. The van der Waals surface area contributed by atoms with Crippen molar-refractivity contribution in [1.82, 2.24) is 14.5 Å². The lowest BCUT2D eigenvalue weighted by Gasteiger charge is -2.15. The van der Waals surface area contributed by atoms with Crippen molar-refractivity contribution in [3.8, 4) is 84.3 Å². The minimum absolute atomic E-state index is 0.680. The molecule has 0 spiro atoms. The molecule has 56 heavy (non-hydrogen) atoms. The Bertz CT molecular complexity index is 3090. The van der Waals surface area contributed by atoms with Crippen molar-refractivity contribution in [2.24, 2.45) is 0 Å². The summed E-state index contributed by atoms with van der Waals surface area (Å²) in [5.74, 6) is 2.38. The van der Waals surface area contributed by atoms with Gasteiger partial charge in [0.1, 0.15) is 5.75 Å². The van der Waals surface area contributed by atoms with Crippen molar-refractivity contribution in [3.63, 3.8) is 0 Å². The molecule has 4 heteroatoms. The van der Waals surface area contributed by atoms with Crippen LogP contribution in [0.25, 0.3) is 94.6 Å². The van der Waals surface area contributed by atoms with Crippen LogP contribution in [-0.4, -0.2) is 14.5 Å². The average Bonchev–Trinajstić information content (AvgIpc) is 3.54. The van der Waals surface area contributed by atoms with E-state index in [9.17, 15) is 0 Å². The maximum Gasteiger partial charge on any atom is 0.159 e. The molecule has 0 N–H and O–H groups in total. The molecule has 1 aliphatic rings. The quantitative estimate of drug-likeness (QED) is 0.178. The molecule has 1 aliphatic heterocycles. The third-order valence-corrected chi connectivity index (χ3v) is 10.9. The number of rotatable bonds is 5. The summed E-state index contributed by atoms with van der Waals surface area (Å²) >= 11 is 0. The molecule has 0 bridgehead atoms. The third-order valence-electron chi connectivity index (χ3n) is 10.9. The molecular formula is C52H33N3O. The van der Waals surface area contributed by atoms with E-state index in [1.807, 2.05) is 24.4 Å². The van der Waals surface area contributed by atoms with Gasteiger partial charge in [0, 0.05) is 44.9 Å². The second-order valence-corrected chi connectivity index (χ2v) is 14.2. The Balaban J connectivity index is 0.973. The number of hydrogen-bond acceptors (Lipinski definition) is 3. The molecule has 3 heterocycles. The largest absolute Gasteiger partial charge is 0.454 e. The number of hydrogen-bond donors (Lipinski definition) is 0. The van der Waals surface area contributed by atoms with E-state index in [1.54, 1.807) is 0 Å². The van der Waals surface area contributed by atoms with Gasteiger partial charge in [0.25, 0.3) is 0 Å². The molecule has 4 nitrogen and oxygen atoms in total. The molecule has 0 atom stereocenters. The number of aromatic nitrogens is 3. The normalized spacial score (nSPS) is 11.7. The number of para-hydroxylation sites is 2. The summed E-state index contributed by atoms with van der Waals surface area (Å²) < 4.78 is 9.29. The van der Waals surface area contributed by atoms with Crippen LogP contribution in [0.2, 0.25) is 0 Å². The molecule has 0 saturated carbocycles. The minimum Gasteiger partial charge on any atom is -0.454 e. The fourth-order valence-electron chi connectivity index (χ4n) is 8.21. The van der Waals surface area contributed by atoms with E-state index in [0.29, 0.717) is 5.82 Å². The van der Waals surface area contributed by atoms with Gasteiger partial charge in [0.05, 0.1) is 16.7 Å². The molecule has 0 radical (unpaired) electrons. The summed E-state index contributed by atoms with van der Waals surface area (Å²) in [6.07, 6.45) is 1.85. The summed E-state index contributed by atoms with van der Waals surface area (Å²) in [6, 6.07) is 68.3. The average molecular weight is 716 g/mol. The Morgan fingerprint density at radius 2 is 1.04 bits per heavy atom. The van der Waals surface area contributed by atoms with Gasteiger partial charge in [-0.15, -0.1) is 0 Å². The van der Waals surface area contributed by atoms with Crippen LogP contribution >= 0.6 is 0 Å². The summed E-state index contributed by atoms with van der Waals surface area (Å²) in [5.41, 5.74) is 15.3. The number of ether oxygens (including phenoxy) is 1. The Morgan fingerprint density at radius 3 is 1.86 bits per heavy atom. The smallest absolute Gasteiger partial charge is 0.159 e. The van der Waals surface area contributed by atoms with Crippen LogP contribution in [0.4, 0.5) is 0 Å². The predicted molar refractivity (Wildman–Crippen MR) is 229 cm³/mol. The Kier molecular flexibility index (Phi) is 7.46. The van der Waals surface area contributed by atoms with Crippen LogP contribution in [-0.2, 0) is 0 Å². The first-order chi connectivity index (χ1) is 27.8. The molecular weight excluding hydrogens is 683 g/mol. The van der Waals surface area contributed by atoms with E-state index >= 15 is 0 Å². The Labute approximate surface area is 324 Å². The van der Waals surface area contributed by atoms with Crippen molar-refractivity contribution < 1.29 is 4.74 Å². The van der Waals surface area contributed by atoms with Crippen molar-refractivity contribution in [2.45, 2.75) is 0 Å². The lowest BCUT2D eigenvalue weighted by Crippen LogP contribution is -1.98. The molecule has 10 aromatic rings. The van der Waals surface area contributed by atoms with E-state index in [1.165, 1.54) is 22.1 Å². The lowest BCUT2D eigenvalue weighted by molar-refractivity contribution is 0.491. The fourth-order valence-corrected chi connectivity index (χ4v) is 8.21. The molecule has 8 aromatic carbocycles. The summed E-state index contributed by atoms with van der Waals surface area (Å²) in [5, 5.41) is 2.32. The molecule has 0 unspecified atom stereocenters. The fraction of sp³-hybridized carbons (Fsp3) is 0. The van der Waals surface area contributed by atoms with Crippen LogP contribution in [0, 0.1) is 0 Å². The second kappa shape index (κ2) is 13.1. The first-order valence-electron chi connectivity index (χ1n) is 18.9. The van der Waals surface area contributed by atoms with Gasteiger partial charge in [-0.1, -0.05) is 140 Å². The van der Waals surface area contributed by atoms with Gasteiger partial charge in [-0.25, -0.2) is 9.97 Å². The van der Waals surface area contributed by atoms with E-state index in [0.717, 1.165) is 78.2 Å². The van der Waals surface area contributed by atoms with E-state index in [4.69, 9.17) is 14.7 Å². The maximum absolute atomic E-state index is 6.96. The first kappa shape index (κ1) is 31.9. The van der Waals surface area contributed by atoms with Crippen molar-refractivity contribution in [2.75, 3.05) is 0 Å². The SMILES string of the molecule is c1ccc(-c2ccc(-c3cccc(-c4ccnc(-c5ccc(-n6c7ccccc7c7ccc8c(c76)Oc6ccccc6-c6ccccc6-8)cc5)n4)c3)cc2)cc1. The molecule has 262 valence electrons. The topological polar surface area (TPSA) is 39.9 Å². The summed E-state index contributed by atoms with van der Waals surface area (Å²) in [6.45, 7) is 0. The zero-order valence-electron chi connectivity index (χ0n) is 30.3. The first-order valence-corrected chi connectivity index (χ1v) is 18.9.